The van der Waals surface area contributed by atoms with E-state index in [-0.39, 0.29) is 24.0 Å². The molecule has 0 aromatic heterocycles. The Morgan fingerprint density at radius 1 is 1.13 bits per heavy atom. The topological polar surface area (TPSA) is 98.0 Å². The summed E-state index contributed by atoms with van der Waals surface area (Å²) in [5, 5.41) is 6.56. The summed E-state index contributed by atoms with van der Waals surface area (Å²) < 4.78 is 10.9. The van der Waals surface area contributed by atoms with Gasteiger partial charge in [0.05, 0.1) is 13.2 Å². The quantitative estimate of drug-likeness (QED) is 0.192. The number of nitrogens with one attached hydrogen (secondary N) is 2. The molecule has 0 unspecified atom stereocenters. The van der Waals surface area contributed by atoms with Crippen molar-refractivity contribution in [3.8, 4) is 5.75 Å². The number of amides is 1. The second-order valence-electron chi connectivity index (χ2n) is 6.57. The molecule has 1 amide bonds. The van der Waals surface area contributed by atoms with Crippen molar-refractivity contribution in [2.75, 3.05) is 26.9 Å². The van der Waals surface area contributed by atoms with Crippen LogP contribution >= 0.6 is 24.0 Å². The highest BCUT2D eigenvalue weighted by molar-refractivity contribution is 14.0. The van der Waals surface area contributed by atoms with Crippen molar-refractivity contribution in [1.82, 2.24) is 10.6 Å². The number of carbonyl (C=O) groups excluding carboxylic acids is 1. The Hall–Kier alpha value is -2.33. The van der Waals surface area contributed by atoms with E-state index in [0.29, 0.717) is 37.8 Å². The summed E-state index contributed by atoms with van der Waals surface area (Å²) in [6.45, 7) is 6.81. The number of hydrogen-bond donors (Lipinski definition) is 3. The molecule has 8 heteroatoms. The number of nitrogens with zero attached hydrogens (tertiary/aromatic N) is 1. The lowest BCUT2D eigenvalue weighted by Crippen LogP contribution is -2.36. The summed E-state index contributed by atoms with van der Waals surface area (Å²) in [4.78, 5) is 15.9. The summed E-state index contributed by atoms with van der Waals surface area (Å²) in [7, 11) is 1.65. The largest absolute Gasteiger partial charge is 0.491 e. The standard InChI is InChI=1S/C22H30N4O3.HI/c1-4-24-22(25-14-17-6-5-7-18(13-17)21(23)27)26-15-19-9-8-16(2)12-20(19)29-11-10-28-3;/h5-9,12-13H,4,10-11,14-15H2,1-3H3,(H2,23,27)(H2,24,25,26);1H. The summed E-state index contributed by atoms with van der Waals surface area (Å²) in [5.74, 6) is 1.07. The number of guanidine groups is 1. The van der Waals surface area contributed by atoms with E-state index in [0.717, 1.165) is 29.0 Å². The van der Waals surface area contributed by atoms with Gasteiger partial charge in [0.2, 0.25) is 5.91 Å². The molecule has 0 atom stereocenters. The van der Waals surface area contributed by atoms with E-state index in [4.69, 9.17) is 15.2 Å². The Balaban J connectivity index is 0.00000450. The lowest BCUT2D eigenvalue weighted by atomic mass is 10.1. The minimum absolute atomic E-state index is 0. The number of primary amides is 1. The Bertz CT molecular complexity index is 843. The smallest absolute Gasteiger partial charge is 0.248 e. The number of ether oxygens (including phenoxy) is 2. The molecule has 4 N–H and O–H groups in total. The van der Waals surface area contributed by atoms with E-state index < -0.39 is 5.91 Å². The third kappa shape index (κ3) is 8.58. The van der Waals surface area contributed by atoms with E-state index in [1.54, 1.807) is 25.3 Å². The Morgan fingerprint density at radius 3 is 2.63 bits per heavy atom. The van der Waals surface area contributed by atoms with Crippen molar-refractivity contribution in [3.63, 3.8) is 0 Å². The molecule has 2 rings (SSSR count). The van der Waals surface area contributed by atoms with Crippen molar-refractivity contribution < 1.29 is 14.3 Å². The highest BCUT2D eigenvalue weighted by Crippen LogP contribution is 2.20. The predicted molar refractivity (Wildman–Crippen MR) is 131 cm³/mol. The molecule has 0 radical (unpaired) electrons. The van der Waals surface area contributed by atoms with Crippen LogP contribution < -0.4 is 21.1 Å². The normalized spacial score (nSPS) is 10.8. The van der Waals surface area contributed by atoms with Gasteiger partial charge in [0.15, 0.2) is 5.96 Å². The zero-order valence-electron chi connectivity index (χ0n) is 17.7. The Kier molecular flexibility index (Phi) is 11.8. The molecule has 0 saturated heterocycles. The fourth-order valence-electron chi connectivity index (χ4n) is 2.69. The predicted octanol–water partition coefficient (Wildman–Crippen LogP) is 2.99. The average molecular weight is 526 g/mol. The van der Waals surface area contributed by atoms with Crippen LogP contribution in [0.3, 0.4) is 0 Å². The number of aliphatic imine (C=N–C) groups is 1. The van der Waals surface area contributed by atoms with Crippen LogP contribution in [-0.4, -0.2) is 38.7 Å². The van der Waals surface area contributed by atoms with Crippen LogP contribution in [0.25, 0.3) is 0 Å². The fraction of sp³-hybridized carbons (Fsp3) is 0.364. The van der Waals surface area contributed by atoms with Crippen molar-refractivity contribution in [2.45, 2.75) is 26.9 Å². The number of benzene rings is 2. The first-order chi connectivity index (χ1) is 14.0. The van der Waals surface area contributed by atoms with Gasteiger partial charge in [0, 0.05) is 31.3 Å². The number of methoxy groups -OCH3 is 1. The minimum Gasteiger partial charge on any atom is -0.491 e. The van der Waals surface area contributed by atoms with Gasteiger partial charge >= 0.3 is 0 Å². The highest BCUT2D eigenvalue weighted by Gasteiger charge is 2.07. The van der Waals surface area contributed by atoms with Crippen LogP contribution in [0.5, 0.6) is 5.75 Å². The molecule has 0 aliphatic heterocycles. The molecular weight excluding hydrogens is 495 g/mol. The third-order valence-electron chi connectivity index (χ3n) is 4.19. The molecule has 0 bridgehead atoms. The van der Waals surface area contributed by atoms with Gasteiger partial charge < -0.3 is 25.8 Å². The number of carbonyl (C=O) groups is 1. The second kappa shape index (κ2) is 13.8. The molecule has 7 nitrogen and oxygen atoms in total. The van der Waals surface area contributed by atoms with E-state index in [2.05, 4.69) is 21.7 Å². The first-order valence-corrected chi connectivity index (χ1v) is 9.65. The van der Waals surface area contributed by atoms with Gasteiger partial charge in [-0.05, 0) is 43.2 Å². The van der Waals surface area contributed by atoms with Gasteiger partial charge in [0.1, 0.15) is 12.4 Å². The van der Waals surface area contributed by atoms with Crippen LogP contribution in [0.1, 0.15) is 34.0 Å². The van der Waals surface area contributed by atoms with Gasteiger partial charge in [-0.15, -0.1) is 24.0 Å². The zero-order chi connectivity index (χ0) is 21.1. The molecule has 0 spiro atoms. The number of rotatable bonds is 10. The second-order valence-corrected chi connectivity index (χ2v) is 6.57. The SMILES string of the molecule is CCNC(=NCc1cccc(C(N)=O)c1)NCc1ccc(C)cc1OCCOC.I. The van der Waals surface area contributed by atoms with Gasteiger partial charge in [-0.1, -0.05) is 24.3 Å². The van der Waals surface area contributed by atoms with Crippen LogP contribution in [-0.2, 0) is 17.8 Å². The van der Waals surface area contributed by atoms with Crippen molar-refractivity contribution in [1.29, 1.82) is 0 Å². The van der Waals surface area contributed by atoms with Crippen molar-refractivity contribution in [3.05, 3.63) is 64.7 Å². The maximum atomic E-state index is 11.3. The number of aryl methyl sites for hydroxylation is 1. The summed E-state index contributed by atoms with van der Waals surface area (Å²) in [5.41, 5.74) is 8.91. The Morgan fingerprint density at radius 2 is 1.93 bits per heavy atom. The fourth-order valence-corrected chi connectivity index (χ4v) is 2.69. The van der Waals surface area contributed by atoms with Crippen LogP contribution in [0.2, 0.25) is 0 Å². The van der Waals surface area contributed by atoms with E-state index in [1.165, 1.54) is 0 Å². The van der Waals surface area contributed by atoms with E-state index in [9.17, 15) is 4.79 Å². The van der Waals surface area contributed by atoms with Crippen LogP contribution in [0.15, 0.2) is 47.5 Å². The number of hydrogen-bond acceptors (Lipinski definition) is 4. The first-order valence-electron chi connectivity index (χ1n) is 9.65. The van der Waals surface area contributed by atoms with Crippen molar-refractivity contribution >= 4 is 35.8 Å². The van der Waals surface area contributed by atoms with Gasteiger partial charge in [0.25, 0.3) is 0 Å². The molecule has 0 aliphatic rings. The minimum atomic E-state index is -0.443. The highest BCUT2D eigenvalue weighted by atomic mass is 127. The van der Waals surface area contributed by atoms with Crippen molar-refractivity contribution in [2.24, 2.45) is 10.7 Å². The van der Waals surface area contributed by atoms with Gasteiger partial charge in [-0.2, -0.15) is 0 Å². The molecule has 0 heterocycles. The zero-order valence-corrected chi connectivity index (χ0v) is 20.1. The molecule has 164 valence electrons. The summed E-state index contributed by atoms with van der Waals surface area (Å²) >= 11 is 0. The molecule has 0 fully saturated rings. The number of halogens is 1. The molecule has 30 heavy (non-hydrogen) atoms. The van der Waals surface area contributed by atoms with E-state index in [1.807, 2.05) is 32.0 Å². The summed E-state index contributed by atoms with van der Waals surface area (Å²) in [6.07, 6.45) is 0. The number of nitrogens with two attached hydrogens (primary N) is 1. The average Bonchev–Trinajstić information content (AvgIpc) is 2.71. The maximum Gasteiger partial charge on any atom is 0.248 e. The lowest BCUT2D eigenvalue weighted by molar-refractivity contribution is 0.1000. The van der Waals surface area contributed by atoms with Crippen LogP contribution in [0.4, 0.5) is 0 Å². The Labute approximate surface area is 195 Å². The first kappa shape index (κ1) is 25.7. The molecule has 2 aromatic rings. The third-order valence-corrected chi connectivity index (χ3v) is 4.19. The van der Waals surface area contributed by atoms with Gasteiger partial charge in [-0.3, -0.25) is 4.79 Å². The molecule has 0 saturated carbocycles. The summed E-state index contributed by atoms with van der Waals surface area (Å²) in [6, 6.07) is 13.3. The molecular formula is C22H31IN4O3. The lowest BCUT2D eigenvalue weighted by Gasteiger charge is -2.15. The van der Waals surface area contributed by atoms with Crippen LogP contribution in [0, 0.1) is 6.92 Å². The maximum absolute atomic E-state index is 11.3. The molecule has 0 aliphatic carbocycles. The monoisotopic (exact) mass is 526 g/mol. The van der Waals surface area contributed by atoms with E-state index >= 15 is 0 Å². The van der Waals surface area contributed by atoms with Gasteiger partial charge in [-0.25, -0.2) is 4.99 Å². The molecule has 2 aromatic carbocycles.